The maximum Gasteiger partial charge on any atom is 0.0968 e. The molecule has 0 saturated carbocycles. The Kier molecular flexibility index (Phi) is 2.78. The third kappa shape index (κ3) is 1.89. The monoisotopic (exact) mass is 202 g/mol. The van der Waals surface area contributed by atoms with Gasteiger partial charge in [0.05, 0.1) is 5.69 Å². The molecule has 4 heteroatoms. The first kappa shape index (κ1) is 9.86. The first-order chi connectivity index (χ1) is 7.33. The van der Waals surface area contributed by atoms with Crippen molar-refractivity contribution in [2.24, 2.45) is 5.73 Å². The molecule has 0 aliphatic heterocycles. The second kappa shape index (κ2) is 4.23. The number of nitrogens with one attached hydrogen (secondary N) is 1. The fourth-order valence-electron chi connectivity index (χ4n) is 1.61. The van der Waals surface area contributed by atoms with Crippen molar-refractivity contribution >= 4 is 0 Å². The molecule has 78 valence electrons. The van der Waals surface area contributed by atoms with Gasteiger partial charge in [0.1, 0.15) is 0 Å². The van der Waals surface area contributed by atoms with E-state index in [1.165, 1.54) is 0 Å². The third-order valence-corrected chi connectivity index (χ3v) is 2.44. The SMILES string of the molecule is Cc1c(-c2cccnc2)n[nH]c1CCN. The number of pyridine rings is 1. The Morgan fingerprint density at radius 2 is 2.33 bits per heavy atom. The summed E-state index contributed by atoms with van der Waals surface area (Å²) in [6.45, 7) is 2.69. The molecule has 4 nitrogen and oxygen atoms in total. The smallest absolute Gasteiger partial charge is 0.0968 e. The molecule has 2 rings (SSSR count). The normalized spacial score (nSPS) is 10.5. The summed E-state index contributed by atoms with van der Waals surface area (Å²) < 4.78 is 0. The van der Waals surface area contributed by atoms with Gasteiger partial charge in [-0.25, -0.2) is 0 Å². The highest BCUT2D eigenvalue weighted by Crippen LogP contribution is 2.21. The zero-order valence-corrected chi connectivity index (χ0v) is 8.70. The molecule has 0 radical (unpaired) electrons. The highest BCUT2D eigenvalue weighted by Gasteiger charge is 2.09. The molecule has 0 atom stereocenters. The van der Waals surface area contributed by atoms with Crippen LogP contribution in [0.25, 0.3) is 11.3 Å². The Labute approximate surface area is 88.5 Å². The molecule has 0 saturated heterocycles. The van der Waals surface area contributed by atoms with E-state index < -0.39 is 0 Å². The molecule has 3 N–H and O–H groups in total. The van der Waals surface area contributed by atoms with Gasteiger partial charge in [-0.15, -0.1) is 0 Å². The fourth-order valence-corrected chi connectivity index (χ4v) is 1.61. The quantitative estimate of drug-likeness (QED) is 0.787. The number of hydrogen-bond donors (Lipinski definition) is 2. The average Bonchev–Trinajstić information content (AvgIpc) is 2.63. The summed E-state index contributed by atoms with van der Waals surface area (Å²) in [7, 11) is 0. The molecule has 2 aromatic heterocycles. The van der Waals surface area contributed by atoms with Crippen molar-refractivity contribution in [3.05, 3.63) is 35.8 Å². The molecule has 15 heavy (non-hydrogen) atoms. The van der Waals surface area contributed by atoms with Crippen LogP contribution < -0.4 is 5.73 Å². The van der Waals surface area contributed by atoms with Crippen molar-refractivity contribution in [3.63, 3.8) is 0 Å². The van der Waals surface area contributed by atoms with Crippen LogP contribution in [0, 0.1) is 6.92 Å². The van der Waals surface area contributed by atoms with Crippen molar-refractivity contribution in [1.82, 2.24) is 15.2 Å². The summed E-state index contributed by atoms with van der Waals surface area (Å²) in [6.07, 6.45) is 4.40. The van der Waals surface area contributed by atoms with E-state index in [4.69, 9.17) is 5.73 Å². The topological polar surface area (TPSA) is 67.6 Å². The van der Waals surface area contributed by atoms with Gasteiger partial charge in [0.15, 0.2) is 0 Å². The minimum absolute atomic E-state index is 0.634. The van der Waals surface area contributed by atoms with Crippen LogP contribution in [0.1, 0.15) is 11.3 Å². The molecular formula is C11H14N4. The lowest BCUT2D eigenvalue weighted by atomic mass is 10.1. The molecule has 0 spiro atoms. The largest absolute Gasteiger partial charge is 0.330 e. The Morgan fingerprint density at radius 1 is 1.47 bits per heavy atom. The van der Waals surface area contributed by atoms with Gasteiger partial charge in [0.2, 0.25) is 0 Å². The van der Waals surface area contributed by atoms with Gasteiger partial charge >= 0.3 is 0 Å². The first-order valence-electron chi connectivity index (χ1n) is 4.97. The lowest BCUT2D eigenvalue weighted by Gasteiger charge is -1.98. The Hall–Kier alpha value is -1.68. The molecule has 0 aliphatic rings. The van der Waals surface area contributed by atoms with Crippen LogP contribution in [0.5, 0.6) is 0 Å². The lowest BCUT2D eigenvalue weighted by Crippen LogP contribution is -2.03. The standard InChI is InChI=1S/C11H14N4/c1-8-10(4-5-12)14-15-11(8)9-3-2-6-13-7-9/h2-3,6-7H,4-5,12H2,1H3,(H,14,15). The van der Waals surface area contributed by atoms with E-state index in [2.05, 4.69) is 22.1 Å². The van der Waals surface area contributed by atoms with Crippen molar-refractivity contribution in [1.29, 1.82) is 0 Å². The number of hydrogen-bond acceptors (Lipinski definition) is 3. The summed E-state index contributed by atoms with van der Waals surface area (Å²) in [5, 5.41) is 7.30. The van der Waals surface area contributed by atoms with Gasteiger partial charge in [0, 0.05) is 30.1 Å². The van der Waals surface area contributed by atoms with E-state index in [9.17, 15) is 0 Å². The van der Waals surface area contributed by atoms with Crippen LogP contribution in [0.2, 0.25) is 0 Å². The maximum absolute atomic E-state index is 5.52. The summed E-state index contributed by atoms with van der Waals surface area (Å²) >= 11 is 0. The zero-order chi connectivity index (χ0) is 10.7. The van der Waals surface area contributed by atoms with Crippen molar-refractivity contribution in [2.75, 3.05) is 6.54 Å². The number of nitrogens with two attached hydrogens (primary N) is 1. The molecule has 0 aliphatic carbocycles. The van der Waals surface area contributed by atoms with Crippen LogP contribution in [-0.4, -0.2) is 21.7 Å². The van der Waals surface area contributed by atoms with Crippen molar-refractivity contribution in [3.8, 4) is 11.3 Å². The summed E-state index contributed by atoms with van der Waals surface area (Å²) in [6, 6.07) is 3.91. The molecule has 2 aromatic rings. The second-order valence-electron chi connectivity index (χ2n) is 3.46. The van der Waals surface area contributed by atoms with Crippen LogP contribution in [0.4, 0.5) is 0 Å². The van der Waals surface area contributed by atoms with E-state index in [0.717, 1.165) is 28.9 Å². The fraction of sp³-hybridized carbons (Fsp3) is 0.273. The molecule has 0 aromatic carbocycles. The number of H-pyrrole nitrogens is 1. The van der Waals surface area contributed by atoms with E-state index in [1.54, 1.807) is 6.20 Å². The summed E-state index contributed by atoms with van der Waals surface area (Å²) in [5.74, 6) is 0. The van der Waals surface area contributed by atoms with Crippen LogP contribution >= 0.6 is 0 Å². The predicted molar refractivity (Wildman–Crippen MR) is 59.3 cm³/mol. The van der Waals surface area contributed by atoms with Crippen LogP contribution in [0.3, 0.4) is 0 Å². The van der Waals surface area contributed by atoms with Gasteiger partial charge in [0.25, 0.3) is 0 Å². The number of nitrogens with zero attached hydrogens (tertiary/aromatic N) is 2. The summed E-state index contributed by atoms with van der Waals surface area (Å²) in [4.78, 5) is 4.08. The Bertz CT molecular complexity index is 433. The van der Waals surface area contributed by atoms with E-state index in [0.29, 0.717) is 6.54 Å². The van der Waals surface area contributed by atoms with Crippen molar-refractivity contribution < 1.29 is 0 Å². The minimum Gasteiger partial charge on any atom is -0.330 e. The maximum atomic E-state index is 5.52. The van der Waals surface area contributed by atoms with E-state index in [-0.39, 0.29) is 0 Å². The second-order valence-corrected chi connectivity index (χ2v) is 3.46. The zero-order valence-electron chi connectivity index (χ0n) is 8.70. The Morgan fingerprint density at radius 3 is 3.00 bits per heavy atom. The molecule has 2 heterocycles. The molecule has 0 amide bonds. The lowest BCUT2D eigenvalue weighted by molar-refractivity contribution is 0.896. The summed E-state index contributed by atoms with van der Waals surface area (Å²) in [5.41, 5.74) is 9.79. The van der Waals surface area contributed by atoms with Gasteiger partial charge in [-0.1, -0.05) is 0 Å². The predicted octanol–water partition coefficient (Wildman–Crippen LogP) is 1.28. The number of rotatable bonds is 3. The average molecular weight is 202 g/mol. The van der Waals surface area contributed by atoms with Crippen LogP contribution in [-0.2, 0) is 6.42 Å². The molecular weight excluding hydrogens is 188 g/mol. The van der Waals surface area contributed by atoms with Gasteiger partial charge in [-0.3, -0.25) is 10.1 Å². The van der Waals surface area contributed by atoms with E-state index >= 15 is 0 Å². The molecule has 0 bridgehead atoms. The van der Waals surface area contributed by atoms with Crippen molar-refractivity contribution in [2.45, 2.75) is 13.3 Å². The third-order valence-electron chi connectivity index (χ3n) is 2.44. The number of aromatic amines is 1. The van der Waals surface area contributed by atoms with Gasteiger partial charge < -0.3 is 5.73 Å². The van der Waals surface area contributed by atoms with Gasteiger partial charge in [-0.05, 0) is 31.2 Å². The van der Waals surface area contributed by atoms with E-state index in [1.807, 2.05) is 18.3 Å². The van der Waals surface area contributed by atoms with Crippen LogP contribution in [0.15, 0.2) is 24.5 Å². The van der Waals surface area contributed by atoms with Gasteiger partial charge in [-0.2, -0.15) is 5.10 Å². The minimum atomic E-state index is 0.634. The molecule has 0 fully saturated rings. The first-order valence-corrected chi connectivity index (χ1v) is 4.97. The number of aromatic nitrogens is 3. The molecule has 0 unspecified atom stereocenters. The highest BCUT2D eigenvalue weighted by molar-refractivity contribution is 5.62. The highest BCUT2D eigenvalue weighted by atomic mass is 15.1. The Balaban J connectivity index is 2.38.